The van der Waals surface area contributed by atoms with E-state index < -0.39 is 0 Å². The lowest BCUT2D eigenvalue weighted by Gasteiger charge is -2.05. The molecular weight excluding hydrogens is 548 g/mol. The first-order valence-corrected chi connectivity index (χ1v) is 21.0. The van der Waals surface area contributed by atoms with Crippen molar-refractivity contribution in [3.05, 3.63) is 12.7 Å². The van der Waals surface area contributed by atoms with Crippen molar-refractivity contribution in [2.75, 3.05) is 6.61 Å². The highest BCUT2D eigenvalue weighted by molar-refractivity contribution is 5.81. The van der Waals surface area contributed by atoms with Gasteiger partial charge in [0.05, 0.1) is 6.61 Å². The van der Waals surface area contributed by atoms with Crippen LogP contribution in [-0.2, 0) is 9.53 Å². The topological polar surface area (TPSA) is 26.3 Å². The van der Waals surface area contributed by atoms with E-state index in [1.165, 1.54) is 231 Å². The second-order valence-electron chi connectivity index (χ2n) is 14.9. The first-order chi connectivity index (χ1) is 22.2. The third-order valence-electron chi connectivity index (χ3n) is 9.84. The maximum Gasteiger partial charge on any atom is 0.330 e. The van der Waals surface area contributed by atoms with E-state index in [2.05, 4.69) is 20.4 Å². The molecule has 0 aromatic rings. The van der Waals surface area contributed by atoms with E-state index in [0.29, 0.717) is 6.61 Å². The normalized spacial score (nSPS) is 11.4. The van der Waals surface area contributed by atoms with Crippen LogP contribution in [0.3, 0.4) is 0 Å². The fourth-order valence-corrected chi connectivity index (χ4v) is 6.72. The van der Waals surface area contributed by atoms with Crippen molar-refractivity contribution in [3.63, 3.8) is 0 Å². The van der Waals surface area contributed by atoms with Gasteiger partial charge >= 0.3 is 5.97 Å². The summed E-state index contributed by atoms with van der Waals surface area (Å²) in [5, 5.41) is 0. The van der Waals surface area contributed by atoms with E-state index in [-0.39, 0.29) is 5.97 Å². The number of carbonyl (C=O) groups excluding carboxylic acids is 1. The van der Waals surface area contributed by atoms with Crippen molar-refractivity contribution < 1.29 is 9.53 Å². The zero-order chi connectivity index (χ0) is 32.7. The number of rotatable bonds is 39. The summed E-state index contributed by atoms with van der Waals surface area (Å²) in [5.41, 5.74) is 0. The number of ether oxygens (including phenoxy) is 1. The van der Waals surface area contributed by atoms with Crippen LogP contribution in [-0.4, -0.2) is 12.6 Å². The minimum absolute atomic E-state index is 0.295. The van der Waals surface area contributed by atoms with E-state index in [1.54, 1.807) is 0 Å². The van der Waals surface area contributed by atoms with Crippen LogP contribution in [0.15, 0.2) is 12.7 Å². The molecular formula is C43H84O2. The third-order valence-corrected chi connectivity index (χ3v) is 9.84. The van der Waals surface area contributed by atoms with Crippen molar-refractivity contribution in [2.24, 2.45) is 5.92 Å². The van der Waals surface area contributed by atoms with Gasteiger partial charge in [-0.25, -0.2) is 4.79 Å². The van der Waals surface area contributed by atoms with E-state index in [0.717, 1.165) is 12.3 Å². The number of hydrogen-bond acceptors (Lipinski definition) is 2. The molecule has 45 heavy (non-hydrogen) atoms. The zero-order valence-corrected chi connectivity index (χ0v) is 31.3. The van der Waals surface area contributed by atoms with Crippen molar-refractivity contribution in [1.29, 1.82) is 0 Å². The van der Waals surface area contributed by atoms with Gasteiger partial charge in [0.25, 0.3) is 0 Å². The summed E-state index contributed by atoms with van der Waals surface area (Å²) in [7, 11) is 0. The van der Waals surface area contributed by atoms with Crippen LogP contribution in [0.5, 0.6) is 0 Å². The van der Waals surface area contributed by atoms with Crippen LogP contribution in [0.2, 0.25) is 0 Å². The number of unbranched alkanes of at least 4 members (excludes halogenated alkanes) is 34. The Labute approximate surface area is 285 Å². The van der Waals surface area contributed by atoms with E-state index in [4.69, 9.17) is 4.74 Å². The Morgan fingerprint density at radius 2 is 0.600 bits per heavy atom. The van der Waals surface area contributed by atoms with Crippen LogP contribution in [0.4, 0.5) is 0 Å². The van der Waals surface area contributed by atoms with Gasteiger partial charge in [0, 0.05) is 6.08 Å². The lowest BCUT2D eigenvalue weighted by Crippen LogP contribution is -2.01. The molecule has 2 nitrogen and oxygen atoms in total. The Balaban J connectivity index is 3.06. The molecule has 0 aliphatic heterocycles. The van der Waals surface area contributed by atoms with Gasteiger partial charge in [0.15, 0.2) is 0 Å². The first kappa shape index (κ1) is 44.2. The highest BCUT2D eigenvalue weighted by atomic mass is 16.5. The molecule has 0 atom stereocenters. The van der Waals surface area contributed by atoms with Gasteiger partial charge in [0.1, 0.15) is 0 Å². The van der Waals surface area contributed by atoms with Crippen LogP contribution in [0.1, 0.15) is 245 Å². The Bertz CT molecular complexity index is 568. The van der Waals surface area contributed by atoms with E-state index in [1.807, 2.05) is 0 Å². The lowest BCUT2D eigenvalue weighted by molar-refractivity contribution is -0.137. The maximum atomic E-state index is 11.0. The molecule has 0 aliphatic carbocycles. The summed E-state index contributed by atoms with van der Waals surface area (Å²) >= 11 is 0. The second kappa shape index (κ2) is 39.4. The molecule has 0 radical (unpaired) electrons. The van der Waals surface area contributed by atoms with Crippen LogP contribution >= 0.6 is 0 Å². The summed E-state index contributed by atoms with van der Waals surface area (Å²) < 4.78 is 5.01. The summed E-state index contributed by atoms with van der Waals surface area (Å²) in [5.74, 6) is 0.595. The molecule has 0 aromatic heterocycles. The summed E-state index contributed by atoms with van der Waals surface area (Å²) in [6, 6.07) is 0. The van der Waals surface area contributed by atoms with Gasteiger partial charge in [-0.2, -0.15) is 0 Å². The summed E-state index contributed by atoms with van der Waals surface area (Å²) in [6.07, 6.45) is 52.8. The number of esters is 1. The number of carbonyl (C=O) groups is 1. The van der Waals surface area contributed by atoms with Gasteiger partial charge in [-0.15, -0.1) is 0 Å². The van der Waals surface area contributed by atoms with E-state index >= 15 is 0 Å². The average molecular weight is 633 g/mol. The molecule has 0 saturated heterocycles. The standard InChI is InChI=1S/C43H84O2/c1-4-43(44)45-41-39-37-35-33-31-29-27-25-23-21-19-17-15-13-11-9-7-5-6-8-10-12-14-16-18-20-22-24-26-28-30-32-34-36-38-40-42(2)3/h4,42H,1,5-41H2,2-3H3. The molecule has 0 rings (SSSR count). The Kier molecular flexibility index (Phi) is 38.7. The molecule has 0 amide bonds. The third kappa shape index (κ3) is 41.2. The molecule has 0 aromatic carbocycles. The molecule has 2 heteroatoms. The highest BCUT2D eigenvalue weighted by Crippen LogP contribution is 2.17. The molecule has 0 N–H and O–H groups in total. The van der Waals surface area contributed by atoms with Crippen molar-refractivity contribution in [3.8, 4) is 0 Å². The van der Waals surface area contributed by atoms with Gasteiger partial charge in [-0.1, -0.05) is 245 Å². The molecule has 0 saturated carbocycles. The Morgan fingerprint density at radius 1 is 0.400 bits per heavy atom. The minimum Gasteiger partial charge on any atom is -0.463 e. The van der Waals surface area contributed by atoms with Gasteiger partial charge in [-0.3, -0.25) is 0 Å². The highest BCUT2D eigenvalue weighted by Gasteiger charge is 1.99. The zero-order valence-electron chi connectivity index (χ0n) is 31.3. The van der Waals surface area contributed by atoms with Crippen LogP contribution in [0.25, 0.3) is 0 Å². The monoisotopic (exact) mass is 633 g/mol. The van der Waals surface area contributed by atoms with Crippen LogP contribution < -0.4 is 0 Å². The molecule has 0 heterocycles. The predicted octanol–water partition coefficient (Wildman–Crippen LogP) is 15.4. The maximum absolute atomic E-state index is 11.0. The molecule has 0 fully saturated rings. The quantitative estimate of drug-likeness (QED) is 0.0383. The summed E-state index contributed by atoms with van der Waals surface area (Å²) in [6.45, 7) is 8.66. The van der Waals surface area contributed by atoms with Crippen molar-refractivity contribution in [2.45, 2.75) is 245 Å². The minimum atomic E-state index is -0.295. The largest absolute Gasteiger partial charge is 0.463 e. The number of hydrogen-bond donors (Lipinski definition) is 0. The summed E-state index contributed by atoms with van der Waals surface area (Å²) in [4.78, 5) is 11.0. The lowest BCUT2D eigenvalue weighted by atomic mass is 10.0. The molecule has 0 spiro atoms. The molecule has 0 unspecified atom stereocenters. The molecule has 0 bridgehead atoms. The van der Waals surface area contributed by atoms with Crippen LogP contribution in [0, 0.1) is 5.92 Å². The second-order valence-corrected chi connectivity index (χ2v) is 14.9. The molecule has 0 aliphatic rings. The van der Waals surface area contributed by atoms with Gasteiger partial charge in [-0.05, 0) is 12.3 Å². The van der Waals surface area contributed by atoms with Crippen molar-refractivity contribution in [1.82, 2.24) is 0 Å². The Morgan fingerprint density at radius 3 is 0.800 bits per heavy atom. The van der Waals surface area contributed by atoms with Gasteiger partial charge < -0.3 is 4.74 Å². The SMILES string of the molecule is C=CC(=O)OCCCCCCCCCCCCCCCCCCCCCCCCCCCCCCCCCCCCCC(C)C. The smallest absolute Gasteiger partial charge is 0.330 e. The molecule has 268 valence electrons. The first-order valence-electron chi connectivity index (χ1n) is 21.0. The van der Waals surface area contributed by atoms with Crippen molar-refractivity contribution >= 4 is 5.97 Å². The fraction of sp³-hybridized carbons (Fsp3) is 0.930. The fourth-order valence-electron chi connectivity index (χ4n) is 6.72. The average Bonchev–Trinajstić information content (AvgIpc) is 3.03. The van der Waals surface area contributed by atoms with E-state index in [9.17, 15) is 4.79 Å². The predicted molar refractivity (Wildman–Crippen MR) is 202 cm³/mol. The van der Waals surface area contributed by atoms with Gasteiger partial charge in [0.2, 0.25) is 0 Å². The Hall–Kier alpha value is -0.790.